The first kappa shape index (κ1) is 22.2. The number of carbonyl (C=O) groups excluding carboxylic acids is 1. The molecule has 5 rings (SSSR count). The lowest BCUT2D eigenvalue weighted by Crippen LogP contribution is -2.51. The van der Waals surface area contributed by atoms with Crippen LogP contribution in [0.3, 0.4) is 0 Å². The zero-order valence-electron chi connectivity index (χ0n) is 19.5. The van der Waals surface area contributed by atoms with Gasteiger partial charge in [0.05, 0.1) is 17.6 Å². The fourth-order valence-corrected chi connectivity index (χ4v) is 4.53. The van der Waals surface area contributed by atoms with Gasteiger partial charge in [0.1, 0.15) is 11.6 Å². The first-order valence-corrected chi connectivity index (χ1v) is 11.9. The van der Waals surface area contributed by atoms with Crippen LogP contribution in [0, 0.1) is 0 Å². The number of carbonyl (C=O) groups is 1. The number of fused-ring (bicyclic) bond motifs is 1. The van der Waals surface area contributed by atoms with Crippen LogP contribution >= 0.6 is 0 Å². The molecule has 0 N–H and O–H groups in total. The van der Waals surface area contributed by atoms with Gasteiger partial charge >= 0.3 is 0 Å². The summed E-state index contributed by atoms with van der Waals surface area (Å²) in [5.74, 6) is 1.82. The molecule has 6 nitrogen and oxygen atoms in total. The summed E-state index contributed by atoms with van der Waals surface area (Å²) in [7, 11) is 0. The highest BCUT2D eigenvalue weighted by atomic mass is 16.5. The van der Waals surface area contributed by atoms with Crippen LogP contribution in [0.4, 0.5) is 0 Å². The van der Waals surface area contributed by atoms with Crippen molar-refractivity contribution in [1.29, 1.82) is 0 Å². The Bertz CT molecular complexity index is 1230. The van der Waals surface area contributed by atoms with Gasteiger partial charge in [-0.15, -0.1) is 0 Å². The molecular weight excluding hydrogens is 424 g/mol. The van der Waals surface area contributed by atoms with E-state index in [1.807, 2.05) is 54.3 Å². The second-order valence-corrected chi connectivity index (χ2v) is 8.76. The van der Waals surface area contributed by atoms with Crippen molar-refractivity contribution in [2.45, 2.75) is 26.1 Å². The summed E-state index contributed by atoms with van der Waals surface area (Å²) >= 11 is 0. The number of hydrogen-bond donors (Lipinski definition) is 0. The van der Waals surface area contributed by atoms with Crippen molar-refractivity contribution < 1.29 is 9.53 Å². The van der Waals surface area contributed by atoms with E-state index in [0.717, 1.165) is 48.8 Å². The predicted molar refractivity (Wildman–Crippen MR) is 134 cm³/mol. The molecule has 4 aromatic rings. The minimum Gasteiger partial charge on any atom is -0.481 e. The Morgan fingerprint density at radius 2 is 1.50 bits per heavy atom. The van der Waals surface area contributed by atoms with E-state index < -0.39 is 6.10 Å². The van der Waals surface area contributed by atoms with Gasteiger partial charge in [-0.2, -0.15) is 0 Å². The molecule has 1 amide bonds. The van der Waals surface area contributed by atoms with Crippen LogP contribution in [0.15, 0.2) is 84.9 Å². The van der Waals surface area contributed by atoms with Gasteiger partial charge in [0, 0.05) is 32.7 Å². The molecule has 3 aromatic carbocycles. The highest BCUT2D eigenvalue weighted by Gasteiger charge is 2.27. The van der Waals surface area contributed by atoms with E-state index in [1.165, 1.54) is 5.56 Å². The minimum atomic E-state index is -0.496. The van der Waals surface area contributed by atoms with Gasteiger partial charge in [0.15, 0.2) is 6.10 Å². The maximum atomic E-state index is 12.9. The number of benzene rings is 3. The van der Waals surface area contributed by atoms with Gasteiger partial charge in [-0.3, -0.25) is 9.69 Å². The fraction of sp³-hybridized carbons (Fsp3) is 0.286. The van der Waals surface area contributed by atoms with E-state index in [0.29, 0.717) is 13.1 Å². The Hall–Kier alpha value is -3.64. The molecule has 1 saturated heterocycles. The first-order chi connectivity index (χ1) is 16.7. The summed E-state index contributed by atoms with van der Waals surface area (Å²) in [6, 6.07) is 28.3. The summed E-state index contributed by atoms with van der Waals surface area (Å²) in [6.07, 6.45) is -0.496. The van der Waals surface area contributed by atoms with Crippen LogP contribution < -0.4 is 4.74 Å². The molecule has 174 valence electrons. The number of rotatable bonds is 7. The lowest BCUT2D eigenvalue weighted by molar-refractivity contribution is -0.139. The largest absolute Gasteiger partial charge is 0.481 e. The molecule has 1 fully saturated rings. The summed E-state index contributed by atoms with van der Waals surface area (Å²) < 4.78 is 8.16. The second kappa shape index (κ2) is 10.1. The lowest BCUT2D eigenvalue weighted by atomic mass is 10.2. The van der Waals surface area contributed by atoms with Crippen molar-refractivity contribution in [2.24, 2.45) is 0 Å². The Balaban J connectivity index is 1.24. The second-order valence-electron chi connectivity index (χ2n) is 8.76. The number of nitrogens with zero attached hydrogens (tertiary/aromatic N) is 4. The molecule has 34 heavy (non-hydrogen) atoms. The molecular formula is C28H30N4O2. The Labute approximate surface area is 200 Å². The van der Waals surface area contributed by atoms with Crippen molar-refractivity contribution in [3.63, 3.8) is 0 Å². The van der Waals surface area contributed by atoms with Crippen LogP contribution in [-0.2, 0) is 17.9 Å². The molecule has 0 aliphatic carbocycles. The van der Waals surface area contributed by atoms with E-state index in [2.05, 4.69) is 51.9 Å². The molecule has 0 bridgehead atoms. The molecule has 1 aromatic heterocycles. The quantitative estimate of drug-likeness (QED) is 0.420. The third-order valence-electron chi connectivity index (χ3n) is 6.37. The van der Waals surface area contributed by atoms with Crippen LogP contribution in [0.25, 0.3) is 11.0 Å². The summed E-state index contributed by atoms with van der Waals surface area (Å²) in [6.45, 7) is 6.41. The molecule has 0 radical (unpaired) electrons. The zero-order valence-corrected chi connectivity index (χ0v) is 19.5. The van der Waals surface area contributed by atoms with Gasteiger partial charge in [-0.1, -0.05) is 60.7 Å². The zero-order chi connectivity index (χ0) is 23.3. The molecule has 0 spiro atoms. The molecule has 6 heteroatoms. The van der Waals surface area contributed by atoms with Gasteiger partial charge in [-0.25, -0.2) is 4.98 Å². The average molecular weight is 455 g/mol. The maximum Gasteiger partial charge on any atom is 0.263 e. The van der Waals surface area contributed by atoms with E-state index in [1.54, 1.807) is 0 Å². The first-order valence-electron chi connectivity index (χ1n) is 11.9. The fourth-order valence-electron chi connectivity index (χ4n) is 4.53. The van der Waals surface area contributed by atoms with Crippen LogP contribution in [0.2, 0.25) is 0 Å². The molecule has 1 unspecified atom stereocenters. The lowest BCUT2D eigenvalue weighted by Gasteiger charge is -2.35. The standard InChI is InChI=1S/C28H30N4O2/c1-22(34-24-12-6-3-7-13-24)28(33)31-18-16-30(17-19-31)21-27-29-25-14-8-9-15-26(25)32(27)20-23-10-4-2-5-11-23/h2-15,22H,16-21H2,1H3. The average Bonchev–Trinajstić information content (AvgIpc) is 3.22. The Kier molecular flexibility index (Phi) is 6.58. The Morgan fingerprint density at radius 3 is 2.24 bits per heavy atom. The van der Waals surface area contributed by atoms with E-state index in [4.69, 9.17) is 9.72 Å². The number of hydrogen-bond acceptors (Lipinski definition) is 4. The van der Waals surface area contributed by atoms with Crippen molar-refractivity contribution in [1.82, 2.24) is 19.4 Å². The topological polar surface area (TPSA) is 50.6 Å². The third kappa shape index (κ3) is 4.97. The summed E-state index contributed by atoms with van der Waals surface area (Å²) in [5.41, 5.74) is 3.44. The SMILES string of the molecule is CC(Oc1ccccc1)C(=O)N1CCN(Cc2nc3ccccc3n2Cc2ccccc2)CC1. The van der Waals surface area contributed by atoms with E-state index in [9.17, 15) is 4.79 Å². The van der Waals surface area contributed by atoms with Gasteiger partial charge in [0.2, 0.25) is 0 Å². The monoisotopic (exact) mass is 454 g/mol. The molecule has 1 aliphatic rings. The molecule has 1 aliphatic heterocycles. The maximum absolute atomic E-state index is 12.9. The smallest absolute Gasteiger partial charge is 0.263 e. The minimum absolute atomic E-state index is 0.0415. The highest BCUT2D eigenvalue weighted by Crippen LogP contribution is 2.20. The van der Waals surface area contributed by atoms with Crippen molar-refractivity contribution in [2.75, 3.05) is 26.2 Å². The molecule has 1 atom stereocenters. The number of aromatic nitrogens is 2. The number of imidazole rings is 1. The van der Waals surface area contributed by atoms with Crippen molar-refractivity contribution in [3.8, 4) is 5.75 Å². The van der Waals surface area contributed by atoms with E-state index >= 15 is 0 Å². The number of amides is 1. The van der Waals surface area contributed by atoms with Gasteiger partial charge in [-0.05, 0) is 36.8 Å². The number of para-hydroxylation sites is 3. The molecule has 0 saturated carbocycles. The van der Waals surface area contributed by atoms with Gasteiger partial charge in [0.25, 0.3) is 5.91 Å². The third-order valence-corrected chi connectivity index (χ3v) is 6.37. The summed E-state index contributed by atoms with van der Waals surface area (Å²) in [5, 5.41) is 0. The van der Waals surface area contributed by atoms with Crippen LogP contribution in [0.1, 0.15) is 18.3 Å². The number of piperazine rings is 1. The molecule has 2 heterocycles. The van der Waals surface area contributed by atoms with Gasteiger partial charge < -0.3 is 14.2 Å². The number of ether oxygens (including phenoxy) is 1. The normalized spacial score (nSPS) is 15.4. The van der Waals surface area contributed by atoms with Crippen LogP contribution in [-0.4, -0.2) is 57.5 Å². The summed E-state index contributed by atoms with van der Waals surface area (Å²) in [4.78, 5) is 22.2. The van der Waals surface area contributed by atoms with Crippen molar-refractivity contribution in [3.05, 3.63) is 96.3 Å². The highest BCUT2D eigenvalue weighted by molar-refractivity contribution is 5.81. The van der Waals surface area contributed by atoms with Crippen molar-refractivity contribution >= 4 is 16.9 Å². The van der Waals surface area contributed by atoms with Crippen LogP contribution in [0.5, 0.6) is 5.75 Å². The predicted octanol–water partition coefficient (Wildman–Crippen LogP) is 4.20. The Morgan fingerprint density at radius 1 is 0.853 bits per heavy atom. The van der Waals surface area contributed by atoms with E-state index in [-0.39, 0.29) is 5.91 Å².